The highest BCUT2D eigenvalue weighted by Crippen LogP contribution is 2.28. The first kappa shape index (κ1) is 20.0. The van der Waals surface area contributed by atoms with Gasteiger partial charge >= 0.3 is 0 Å². The van der Waals surface area contributed by atoms with Crippen LogP contribution in [0.5, 0.6) is 0 Å². The van der Waals surface area contributed by atoms with Gasteiger partial charge in [0, 0.05) is 30.0 Å². The van der Waals surface area contributed by atoms with E-state index in [4.69, 9.17) is 0 Å². The fraction of sp³-hybridized carbons (Fsp3) is 0.192. The molecule has 0 aromatic heterocycles. The summed E-state index contributed by atoms with van der Waals surface area (Å²) < 4.78 is 0. The van der Waals surface area contributed by atoms with E-state index in [1.165, 1.54) is 24.9 Å². The molecule has 0 bridgehead atoms. The Morgan fingerprint density at radius 1 is 0.688 bits per heavy atom. The van der Waals surface area contributed by atoms with Gasteiger partial charge in [0.05, 0.1) is 16.8 Å². The van der Waals surface area contributed by atoms with Crippen molar-refractivity contribution in [1.82, 2.24) is 0 Å². The van der Waals surface area contributed by atoms with E-state index in [0.717, 1.165) is 23.7 Å². The molecule has 1 saturated heterocycles. The van der Waals surface area contributed by atoms with Gasteiger partial charge in [-0.15, -0.1) is 0 Å². The molecule has 160 valence electrons. The summed E-state index contributed by atoms with van der Waals surface area (Å²) in [4.78, 5) is 41.4. The molecule has 3 amide bonds. The van der Waals surface area contributed by atoms with Crippen molar-refractivity contribution in [3.63, 3.8) is 0 Å². The number of amides is 3. The number of hydrogen-bond acceptors (Lipinski definition) is 4. The average Bonchev–Trinajstić information content (AvgIpc) is 3.10. The van der Waals surface area contributed by atoms with E-state index < -0.39 is 0 Å². The third-order valence-electron chi connectivity index (χ3n) is 6.03. The molecule has 2 aliphatic rings. The van der Waals surface area contributed by atoms with E-state index in [-0.39, 0.29) is 17.7 Å². The summed E-state index contributed by atoms with van der Waals surface area (Å²) in [6.07, 6.45) is 3.72. The van der Waals surface area contributed by atoms with E-state index in [2.05, 4.69) is 10.2 Å². The zero-order chi connectivity index (χ0) is 22.1. The number of carbonyl (C=O) groups excluding carboxylic acids is 3. The van der Waals surface area contributed by atoms with E-state index >= 15 is 0 Å². The molecule has 0 atom stereocenters. The molecule has 5 rings (SSSR count). The number of nitrogens with zero attached hydrogens (tertiary/aromatic N) is 2. The lowest BCUT2D eigenvalue weighted by Gasteiger charge is -2.28. The number of piperidine rings is 1. The van der Waals surface area contributed by atoms with Crippen molar-refractivity contribution in [3.05, 3.63) is 89.5 Å². The van der Waals surface area contributed by atoms with Crippen LogP contribution in [0.4, 0.5) is 17.1 Å². The molecule has 3 aromatic rings. The summed E-state index contributed by atoms with van der Waals surface area (Å²) in [5, 5.41) is 2.90. The summed E-state index contributed by atoms with van der Waals surface area (Å²) in [5.74, 6) is -0.946. The first-order chi connectivity index (χ1) is 15.6. The van der Waals surface area contributed by atoms with Gasteiger partial charge < -0.3 is 10.2 Å². The highest BCUT2D eigenvalue weighted by molar-refractivity contribution is 6.34. The molecule has 0 spiro atoms. The van der Waals surface area contributed by atoms with Crippen molar-refractivity contribution in [1.29, 1.82) is 0 Å². The van der Waals surface area contributed by atoms with Gasteiger partial charge in [-0.1, -0.05) is 12.1 Å². The first-order valence-corrected chi connectivity index (χ1v) is 10.9. The van der Waals surface area contributed by atoms with Gasteiger partial charge in [0.15, 0.2) is 0 Å². The Hall–Kier alpha value is -3.93. The Morgan fingerprint density at radius 3 is 1.84 bits per heavy atom. The summed E-state index contributed by atoms with van der Waals surface area (Å²) in [7, 11) is 0. The Bertz CT molecular complexity index is 1140. The van der Waals surface area contributed by atoms with Crippen LogP contribution in [-0.4, -0.2) is 30.8 Å². The van der Waals surface area contributed by atoms with Gasteiger partial charge in [-0.25, -0.2) is 4.90 Å². The highest BCUT2D eigenvalue weighted by Gasteiger charge is 2.36. The fourth-order valence-corrected chi connectivity index (χ4v) is 4.30. The molecule has 1 fully saturated rings. The lowest BCUT2D eigenvalue weighted by molar-refractivity contribution is 0.0925. The van der Waals surface area contributed by atoms with Gasteiger partial charge in [0.1, 0.15) is 0 Å². The second kappa shape index (κ2) is 8.30. The van der Waals surface area contributed by atoms with Gasteiger partial charge in [-0.3, -0.25) is 14.4 Å². The monoisotopic (exact) mass is 425 g/mol. The van der Waals surface area contributed by atoms with E-state index in [1.807, 2.05) is 24.3 Å². The third kappa shape index (κ3) is 3.64. The lowest BCUT2D eigenvalue weighted by Crippen LogP contribution is -2.29. The quantitative estimate of drug-likeness (QED) is 0.614. The molecule has 6 heteroatoms. The van der Waals surface area contributed by atoms with Gasteiger partial charge in [-0.05, 0) is 79.9 Å². The van der Waals surface area contributed by atoms with E-state index in [0.29, 0.717) is 22.4 Å². The second-order valence-electron chi connectivity index (χ2n) is 8.09. The van der Waals surface area contributed by atoms with Crippen LogP contribution in [0.3, 0.4) is 0 Å². The lowest BCUT2D eigenvalue weighted by atomic mass is 10.1. The van der Waals surface area contributed by atoms with E-state index in [9.17, 15) is 14.4 Å². The maximum absolute atomic E-state index is 12.7. The Morgan fingerprint density at radius 2 is 1.25 bits per heavy atom. The minimum Gasteiger partial charge on any atom is -0.372 e. The molecule has 2 heterocycles. The molecule has 32 heavy (non-hydrogen) atoms. The predicted molar refractivity (Wildman–Crippen MR) is 124 cm³/mol. The van der Waals surface area contributed by atoms with Crippen molar-refractivity contribution in [2.45, 2.75) is 19.3 Å². The molecule has 2 aliphatic heterocycles. The molecule has 6 nitrogen and oxygen atoms in total. The Kier molecular flexibility index (Phi) is 5.19. The minimum absolute atomic E-state index is 0.246. The van der Waals surface area contributed by atoms with E-state index in [1.54, 1.807) is 48.5 Å². The second-order valence-corrected chi connectivity index (χ2v) is 8.09. The smallest absolute Gasteiger partial charge is 0.266 e. The molecule has 3 aromatic carbocycles. The fourth-order valence-electron chi connectivity index (χ4n) is 4.30. The average molecular weight is 425 g/mol. The molecular formula is C26H23N3O3. The number of anilines is 3. The third-order valence-corrected chi connectivity index (χ3v) is 6.03. The van der Waals surface area contributed by atoms with Crippen LogP contribution in [0.1, 0.15) is 50.3 Å². The number of carbonyl (C=O) groups is 3. The molecule has 0 radical (unpaired) electrons. The number of rotatable bonds is 4. The predicted octanol–water partition coefficient (Wildman–Crippen LogP) is 4.73. The summed E-state index contributed by atoms with van der Waals surface area (Å²) >= 11 is 0. The van der Waals surface area contributed by atoms with Crippen molar-refractivity contribution >= 4 is 34.8 Å². The maximum Gasteiger partial charge on any atom is 0.266 e. The normalized spacial score (nSPS) is 15.6. The summed E-state index contributed by atoms with van der Waals surface area (Å²) in [5.41, 5.74) is 3.58. The van der Waals surface area contributed by atoms with Crippen LogP contribution in [0.25, 0.3) is 0 Å². The van der Waals surface area contributed by atoms with Crippen LogP contribution >= 0.6 is 0 Å². The molecule has 1 N–H and O–H groups in total. The molecular weight excluding hydrogens is 402 g/mol. The summed E-state index contributed by atoms with van der Waals surface area (Å²) in [6, 6.07) is 21.1. The minimum atomic E-state index is -0.350. The van der Waals surface area contributed by atoms with Crippen LogP contribution in [-0.2, 0) is 0 Å². The number of hydrogen-bond donors (Lipinski definition) is 1. The molecule has 0 unspecified atom stereocenters. The maximum atomic E-state index is 12.7. The van der Waals surface area contributed by atoms with Crippen molar-refractivity contribution < 1.29 is 14.4 Å². The zero-order valence-corrected chi connectivity index (χ0v) is 17.6. The van der Waals surface area contributed by atoms with Crippen LogP contribution < -0.4 is 15.1 Å². The number of benzene rings is 3. The van der Waals surface area contributed by atoms with Gasteiger partial charge in [-0.2, -0.15) is 0 Å². The standard InChI is InChI=1S/C26H23N3O3/c30-24(27-19-10-14-20(15-11-19)28-16-4-1-5-17-28)18-8-12-21(13-9-18)29-25(31)22-6-2-3-7-23(22)26(29)32/h2-3,6-15H,1,4-5,16-17H2,(H,27,30). The molecule has 0 saturated carbocycles. The Balaban J connectivity index is 1.27. The van der Waals surface area contributed by atoms with Crippen LogP contribution in [0, 0.1) is 0 Å². The van der Waals surface area contributed by atoms with Crippen molar-refractivity contribution in [2.75, 3.05) is 28.2 Å². The summed E-state index contributed by atoms with van der Waals surface area (Å²) in [6.45, 7) is 2.15. The SMILES string of the molecule is O=C(Nc1ccc(N2CCCCC2)cc1)c1ccc(N2C(=O)c3ccccc3C2=O)cc1. The number of nitrogens with one attached hydrogen (secondary N) is 1. The largest absolute Gasteiger partial charge is 0.372 e. The van der Waals surface area contributed by atoms with Crippen molar-refractivity contribution in [3.8, 4) is 0 Å². The molecule has 0 aliphatic carbocycles. The topological polar surface area (TPSA) is 69.7 Å². The van der Waals surface area contributed by atoms with Crippen LogP contribution in [0.2, 0.25) is 0 Å². The van der Waals surface area contributed by atoms with Gasteiger partial charge in [0.25, 0.3) is 17.7 Å². The Labute approximate surface area is 186 Å². The first-order valence-electron chi connectivity index (χ1n) is 10.9. The number of imide groups is 1. The van der Waals surface area contributed by atoms with Crippen molar-refractivity contribution in [2.24, 2.45) is 0 Å². The number of fused-ring (bicyclic) bond motifs is 1. The highest BCUT2D eigenvalue weighted by atomic mass is 16.2. The van der Waals surface area contributed by atoms with Crippen LogP contribution in [0.15, 0.2) is 72.8 Å². The zero-order valence-electron chi connectivity index (χ0n) is 17.6. The van der Waals surface area contributed by atoms with Gasteiger partial charge in [0.2, 0.25) is 0 Å².